The molecule has 6 nitrogen and oxygen atoms in total. The quantitative estimate of drug-likeness (QED) is 0.304. The Morgan fingerprint density at radius 2 is 2.42 bits per heavy atom. The Morgan fingerprint density at radius 1 is 1.67 bits per heavy atom. The third kappa shape index (κ3) is 1.55. The van der Waals surface area contributed by atoms with Crippen LogP contribution in [0.2, 0.25) is 0 Å². The molecule has 1 rings (SSSR count). The number of nitrogen functional groups attached to an aromatic ring is 1. The van der Waals surface area contributed by atoms with Crippen LogP contribution in [0.3, 0.4) is 0 Å². The van der Waals surface area contributed by atoms with E-state index in [1.54, 1.807) is 0 Å². The number of nitrogens with one attached hydrogen (secondary N) is 1. The molecular weight excluding hydrogens is 158 g/mol. The third-order valence-corrected chi connectivity index (χ3v) is 1.31. The van der Waals surface area contributed by atoms with Crippen LogP contribution in [-0.2, 0) is 6.54 Å². The van der Waals surface area contributed by atoms with Crippen LogP contribution in [0.4, 0.5) is 5.82 Å². The van der Waals surface area contributed by atoms with Crippen molar-refractivity contribution < 1.29 is 4.79 Å². The lowest BCUT2D eigenvalue weighted by Crippen LogP contribution is -2.13. The van der Waals surface area contributed by atoms with Crippen molar-refractivity contribution in [1.82, 2.24) is 9.97 Å². The second kappa shape index (κ2) is 3.74. The first kappa shape index (κ1) is 8.57. The largest absolute Gasteiger partial charge is 0.325 e. The molecule has 0 spiro atoms. The molecule has 1 aromatic rings. The highest BCUT2D eigenvalue weighted by Crippen LogP contribution is 2.05. The minimum absolute atomic E-state index is 0.167. The van der Waals surface area contributed by atoms with Gasteiger partial charge in [0.25, 0.3) is 0 Å². The van der Waals surface area contributed by atoms with Gasteiger partial charge in [-0.2, -0.15) is 0 Å². The van der Waals surface area contributed by atoms with Crippen LogP contribution in [0.25, 0.3) is 0 Å². The van der Waals surface area contributed by atoms with Crippen molar-refractivity contribution in [1.29, 1.82) is 0 Å². The molecular formula is C6H9N5O. The van der Waals surface area contributed by atoms with Gasteiger partial charge in [0.05, 0.1) is 11.9 Å². The summed E-state index contributed by atoms with van der Waals surface area (Å²) in [6, 6.07) is 0. The lowest BCUT2D eigenvalue weighted by atomic mass is 10.4. The molecule has 1 aromatic heterocycles. The number of hydrogen-bond donors (Lipinski definition) is 3. The van der Waals surface area contributed by atoms with E-state index in [-0.39, 0.29) is 18.1 Å². The van der Waals surface area contributed by atoms with E-state index < -0.39 is 0 Å². The van der Waals surface area contributed by atoms with Crippen molar-refractivity contribution in [2.45, 2.75) is 6.54 Å². The van der Waals surface area contributed by atoms with Crippen molar-refractivity contribution in [3.63, 3.8) is 0 Å². The summed E-state index contributed by atoms with van der Waals surface area (Å²) in [5.41, 5.74) is 8.27. The van der Waals surface area contributed by atoms with Gasteiger partial charge in [0.15, 0.2) is 12.1 Å². The maximum absolute atomic E-state index is 10.4. The number of hydrogen-bond acceptors (Lipinski definition) is 6. The molecule has 1 heterocycles. The number of nitrogens with zero attached hydrogens (tertiary/aromatic N) is 2. The first-order valence-electron chi connectivity index (χ1n) is 3.29. The second-order valence-corrected chi connectivity index (χ2v) is 2.06. The maximum atomic E-state index is 10.4. The first-order chi connectivity index (χ1) is 5.81. The molecule has 0 bridgehead atoms. The molecule has 0 saturated heterocycles. The zero-order valence-electron chi connectivity index (χ0n) is 6.32. The molecule has 0 aromatic carbocycles. The van der Waals surface area contributed by atoms with Gasteiger partial charge in [-0.3, -0.25) is 4.79 Å². The molecule has 0 amide bonds. The highest BCUT2D eigenvalue weighted by molar-refractivity contribution is 5.79. The number of hydrazine groups is 1. The van der Waals surface area contributed by atoms with Gasteiger partial charge in [0, 0.05) is 6.54 Å². The highest BCUT2D eigenvalue weighted by Gasteiger charge is 2.03. The number of rotatable bonds is 3. The summed E-state index contributed by atoms with van der Waals surface area (Å²) in [4.78, 5) is 18.1. The maximum Gasteiger partial charge on any atom is 0.172 e. The minimum atomic E-state index is 0.167. The monoisotopic (exact) mass is 167 g/mol. The summed E-state index contributed by atoms with van der Waals surface area (Å²) in [5.74, 6) is 5.33. The zero-order valence-corrected chi connectivity index (χ0v) is 6.32. The first-order valence-corrected chi connectivity index (χ1v) is 3.29. The fraction of sp³-hybridized carbons (Fsp3) is 0.167. The zero-order chi connectivity index (χ0) is 8.97. The van der Waals surface area contributed by atoms with E-state index >= 15 is 0 Å². The molecule has 0 aliphatic heterocycles. The summed E-state index contributed by atoms with van der Waals surface area (Å²) in [5, 5.41) is 0. The normalized spacial score (nSPS) is 9.50. The topological polar surface area (TPSA) is 107 Å². The van der Waals surface area contributed by atoms with Crippen LogP contribution in [-0.4, -0.2) is 16.3 Å². The Bertz CT molecular complexity index is 287. The van der Waals surface area contributed by atoms with Gasteiger partial charge >= 0.3 is 0 Å². The van der Waals surface area contributed by atoms with E-state index in [1.807, 2.05) is 0 Å². The van der Waals surface area contributed by atoms with E-state index in [0.29, 0.717) is 12.0 Å². The average molecular weight is 167 g/mol. The van der Waals surface area contributed by atoms with Gasteiger partial charge in [-0.25, -0.2) is 15.8 Å². The van der Waals surface area contributed by atoms with E-state index in [9.17, 15) is 4.79 Å². The number of anilines is 1. The van der Waals surface area contributed by atoms with Crippen molar-refractivity contribution in [2.24, 2.45) is 11.6 Å². The van der Waals surface area contributed by atoms with Crippen molar-refractivity contribution >= 4 is 12.1 Å². The predicted octanol–water partition coefficient (Wildman–Crippen LogP) is -0.967. The van der Waals surface area contributed by atoms with Crippen LogP contribution in [0, 0.1) is 0 Å². The van der Waals surface area contributed by atoms with Gasteiger partial charge in [-0.05, 0) is 0 Å². The van der Waals surface area contributed by atoms with Crippen molar-refractivity contribution in [2.75, 3.05) is 5.43 Å². The van der Waals surface area contributed by atoms with Crippen LogP contribution >= 0.6 is 0 Å². The highest BCUT2D eigenvalue weighted by atomic mass is 16.1. The summed E-state index contributed by atoms with van der Waals surface area (Å²) in [6.07, 6.45) is 2.03. The van der Waals surface area contributed by atoms with E-state index in [2.05, 4.69) is 15.4 Å². The van der Waals surface area contributed by atoms with Gasteiger partial charge in [0.1, 0.15) is 5.69 Å². The fourth-order valence-corrected chi connectivity index (χ4v) is 0.733. The second-order valence-electron chi connectivity index (χ2n) is 2.06. The van der Waals surface area contributed by atoms with Crippen LogP contribution in [0.15, 0.2) is 6.20 Å². The van der Waals surface area contributed by atoms with Crippen molar-refractivity contribution in [3.05, 3.63) is 17.6 Å². The molecule has 12 heavy (non-hydrogen) atoms. The molecule has 5 N–H and O–H groups in total. The predicted molar refractivity (Wildman–Crippen MR) is 43.1 cm³/mol. The summed E-state index contributed by atoms with van der Waals surface area (Å²) in [7, 11) is 0. The smallest absolute Gasteiger partial charge is 0.172 e. The molecule has 0 aliphatic rings. The van der Waals surface area contributed by atoms with Gasteiger partial charge in [0.2, 0.25) is 0 Å². The molecule has 0 aliphatic carbocycles. The minimum Gasteiger partial charge on any atom is -0.325 e. The SMILES string of the molecule is NCc1cnc(NN)c(C=O)n1. The molecule has 0 radical (unpaired) electrons. The van der Waals surface area contributed by atoms with Gasteiger partial charge in [-0.15, -0.1) is 0 Å². The molecule has 0 saturated carbocycles. The Morgan fingerprint density at radius 3 is 2.92 bits per heavy atom. The van der Waals surface area contributed by atoms with Gasteiger partial charge < -0.3 is 11.2 Å². The number of nitrogens with two attached hydrogens (primary N) is 2. The van der Waals surface area contributed by atoms with Gasteiger partial charge in [-0.1, -0.05) is 0 Å². The number of carbonyl (C=O) groups is 1. The van der Waals surface area contributed by atoms with E-state index in [4.69, 9.17) is 11.6 Å². The van der Waals surface area contributed by atoms with E-state index in [0.717, 1.165) is 0 Å². The van der Waals surface area contributed by atoms with Crippen molar-refractivity contribution in [3.8, 4) is 0 Å². The summed E-state index contributed by atoms with van der Waals surface area (Å²) >= 11 is 0. The number of aromatic nitrogens is 2. The lowest BCUT2D eigenvalue weighted by Gasteiger charge is -2.02. The molecule has 0 atom stereocenters. The fourth-order valence-electron chi connectivity index (χ4n) is 0.733. The Hall–Kier alpha value is -1.53. The van der Waals surface area contributed by atoms with Crippen LogP contribution in [0.5, 0.6) is 0 Å². The molecule has 0 unspecified atom stereocenters. The summed E-state index contributed by atoms with van der Waals surface area (Å²) in [6.45, 7) is 0.249. The van der Waals surface area contributed by atoms with E-state index in [1.165, 1.54) is 6.20 Å². The standard InChI is InChI=1S/C6H9N5O/c7-1-4-2-9-6(11-8)5(3-12)10-4/h2-3H,1,7-8H2,(H,9,11). The molecule has 6 heteroatoms. The lowest BCUT2D eigenvalue weighted by molar-refractivity contribution is 0.111. The Balaban J connectivity index is 3.10. The van der Waals surface area contributed by atoms with Crippen LogP contribution in [0.1, 0.15) is 16.2 Å². The van der Waals surface area contributed by atoms with Crippen LogP contribution < -0.4 is 17.0 Å². The molecule has 64 valence electrons. The molecule has 0 fully saturated rings. The third-order valence-electron chi connectivity index (χ3n) is 1.31. The Kier molecular flexibility index (Phi) is 2.67. The number of aldehydes is 1. The number of carbonyl (C=O) groups excluding carboxylic acids is 1. The Labute approximate surface area is 69.0 Å². The average Bonchev–Trinajstić information content (AvgIpc) is 2.16. The summed E-state index contributed by atoms with van der Waals surface area (Å²) < 4.78 is 0.